The molecule has 3 aliphatic rings. The molecule has 21 heavy (non-hydrogen) atoms. The van der Waals surface area contributed by atoms with Crippen LogP contribution in [0.4, 0.5) is 0 Å². The van der Waals surface area contributed by atoms with E-state index in [0.29, 0.717) is 0 Å². The van der Waals surface area contributed by atoms with Crippen LogP contribution in [0.5, 0.6) is 0 Å². The minimum atomic E-state index is -0.0236. The molecule has 3 rings (SSSR count). The van der Waals surface area contributed by atoms with Gasteiger partial charge in [-0.25, -0.2) is 0 Å². The first-order chi connectivity index (χ1) is 10.2. The zero-order chi connectivity index (χ0) is 14.7. The molecule has 1 spiro atoms. The Bertz CT molecular complexity index is 361. The molecule has 0 aliphatic carbocycles. The van der Waals surface area contributed by atoms with Crippen LogP contribution < -0.4 is 0 Å². The van der Waals surface area contributed by atoms with Gasteiger partial charge in [0.05, 0.1) is 24.9 Å². The molecular formula is C16H28N2O3. The highest BCUT2D eigenvalue weighted by Crippen LogP contribution is 2.36. The van der Waals surface area contributed by atoms with Crippen LogP contribution in [0.15, 0.2) is 0 Å². The molecule has 120 valence electrons. The highest BCUT2D eigenvalue weighted by atomic mass is 16.6. The van der Waals surface area contributed by atoms with Crippen LogP contribution in [0.2, 0.25) is 0 Å². The summed E-state index contributed by atoms with van der Waals surface area (Å²) in [6.45, 7) is 8.37. The summed E-state index contributed by atoms with van der Waals surface area (Å²) in [4.78, 5) is 15.8. The number of hydrogen-bond donors (Lipinski definition) is 0. The molecule has 0 N–H and O–H groups in total. The number of carbonyl (C=O) groups is 1. The van der Waals surface area contributed by atoms with E-state index >= 15 is 0 Å². The van der Waals surface area contributed by atoms with E-state index in [1.807, 2.05) is 4.90 Å². The Morgan fingerprint density at radius 2 is 1.95 bits per heavy atom. The average Bonchev–Trinajstić information content (AvgIpc) is 3.11. The van der Waals surface area contributed by atoms with Gasteiger partial charge in [-0.15, -0.1) is 0 Å². The summed E-state index contributed by atoms with van der Waals surface area (Å²) in [6.07, 6.45) is 5.83. The molecule has 0 bridgehead atoms. The number of likely N-dealkylation sites (tertiary alicyclic amines) is 2. The van der Waals surface area contributed by atoms with Gasteiger partial charge in [0.15, 0.2) is 0 Å². The van der Waals surface area contributed by atoms with Crippen molar-refractivity contribution in [1.82, 2.24) is 9.80 Å². The van der Waals surface area contributed by atoms with Gasteiger partial charge in [0.25, 0.3) is 0 Å². The first-order valence-corrected chi connectivity index (χ1v) is 8.40. The Labute approximate surface area is 127 Å². The topological polar surface area (TPSA) is 42.0 Å². The second-order valence-corrected chi connectivity index (χ2v) is 6.75. The smallest absolute Gasteiger partial charge is 0.219 e. The third-order valence-corrected chi connectivity index (χ3v) is 5.25. The first-order valence-electron chi connectivity index (χ1n) is 8.40. The number of hydrogen-bond acceptors (Lipinski definition) is 4. The summed E-state index contributed by atoms with van der Waals surface area (Å²) in [7, 11) is 0. The number of ether oxygens (including phenoxy) is 2. The monoisotopic (exact) mass is 296 g/mol. The van der Waals surface area contributed by atoms with Crippen LogP contribution in [-0.4, -0.2) is 73.3 Å². The van der Waals surface area contributed by atoms with Crippen molar-refractivity contribution in [2.75, 3.05) is 45.9 Å². The molecule has 5 heteroatoms. The van der Waals surface area contributed by atoms with Crippen molar-refractivity contribution in [3.8, 4) is 0 Å². The lowest BCUT2D eigenvalue weighted by molar-refractivity contribution is -0.133. The second-order valence-electron chi connectivity index (χ2n) is 6.75. The Morgan fingerprint density at radius 1 is 1.24 bits per heavy atom. The molecule has 1 atom stereocenters. The summed E-state index contributed by atoms with van der Waals surface area (Å²) >= 11 is 0. The predicted octanol–water partition coefficient (Wildman–Crippen LogP) is 1.27. The minimum absolute atomic E-state index is 0.0236. The van der Waals surface area contributed by atoms with Crippen molar-refractivity contribution in [3.05, 3.63) is 0 Å². The first kappa shape index (κ1) is 15.3. The van der Waals surface area contributed by atoms with E-state index in [1.165, 1.54) is 25.9 Å². The summed E-state index contributed by atoms with van der Waals surface area (Å²) in [5.41, 5.74) is -0.0236. The van der Waals surface area contributed by atoms with Crippen LogP contribution >= 0.6 is 0 Å². The summed E-state index contributed by atoms with van der Waals surface area (Å²) in [5, 5.41) is 0. The molecule has 1 amide bonds. The van der Waals surface area contributed by atoms with Crippen molar-refractivity contribution in [2.24, 2.45) is 0 Å². The maximum absolute atomic E-state index is 11.4. The molecule has 0 aromatic carbocycles. The van der Waals surface area contributed by atoms with Gasteiger partial charge in [-0.1, -0.05) is 0 Å². The SMILES string of the molecule is CC(=O)N1CCC2(CC1)CC(OCCN1CCCC1)CO2. The highest BCUT2D eigenvalue weighted by Gasteiger charge is 2.43. The zero-order valence-corrected chi connectivity index (χ0v) is 13.2. The van der Waals surface area contributed by atoms with Gasteiger partial charge in [0.2, 0.25) is 5.91 Å². The van der Waals surface area contributed by atoms with E-state index in [1.54, 1.807) is 6.92 Å². The van der Waals surface area contributed by atoms with Gasteiger partial charge in [-0.3, -0.25) is 4.79 Å². The van der Waals surface area contributed by atoms with Gasteiger partial charge in [-0.2, -0.15) is 0 Å². The second kappa shape index (κ2) is 6.63. The van der Waals surface area contributed by atoms with E-state index < -0.39 is 0 Å². The maximum Gasteiger partial charge on any atom is 0.219 e. The molecular weight excluding hydrogens is 268 g/mol. The Morgan fingerprint density at radius 3 is 2.62 bits per heavy atom. The lowest BCUT2D eigenvalue weighted by Gasteiger charge is -2.38. The molecule has 5 nitrogen and oxygen atoms in total. The van der Waals surface area contributed by atoms with E-state index in [4.69, 9.17) is 9.47 Å². The van der Waals surface area contributed by atoms with Crippen molar-refractivity contribution >= 4 is 5.91 Å². The fourth-order valence-electron chi connectivity index (χ4n) is 3.84. The van der Waals surface area contributed by atoms with Gasteiger partial charge in [-0.05, 0) is 38.8 Å². The van der Waals surface area contributed by atoms with Gasteiger partial charge < -0.3 is 19.3 Å². The summed E-state index contributed by atoms with van der Waals surface area (Å²) in [5.74, 6) is 0.182. The number of piperidine rings is 1. The Balaban J connectivity index is 1.38. The fourth-order valence-corrected chi connectivity index (χ4v) is 3.84. The summed E-state index contributed by atoms with van der Waals surface area (Å²) < 4.78 is 12.1. The normalized spacial score (nSPS) is 29.4. The van der Waals surface area contributed by atoms with Crippen LogP contribution in [0.1, 0.15) is 39.0 Å². The van der Waals surface area contributed by atoms with Crippen molar-refractivity contribution < 1.29 is 14.3 Å². The number of amides is 1. The minimum Gasteiger partial charge on any atom is -0.374 e. The van der Waals surface area contributed by atoms with E-state index in [-0.39, 0.29) is 17.6 Å². The number of carbonyl (C=O) groups excluding carboxylic acids is 1. The standard InChI is InChI=1S/C16H28N2O3/c1-14(19)18-8-4-16(5-9-18)12-15(13-21-16)20-11-10-17-6-2-3-7-17/h15H,2-13H2,1H3. The molecule has 1 unspecified atom stereocenters. The quantitative estimate of drug-likeness (QED) is 0.783. The van der Waals surface area contributed by atoms with Gasteiger partial charge in [0.1, 0.15) is 0 Å². The van der Waals surface area contributed by atoms with Crippen LogP contribution in [-0.2, 0) is 14.3 Å². The van der Waals surface area contributed by atoms with E-state index in [0.717, 1.165) is 52.1 Å². The van der Waals surface area contributed by atoms with Crippen LogP contribution in [0.3, 0.4) is 0 Å². The maximum atomic E-state index is 11.4. The van der Waals surface area contributed by atoms with Crippen LogP contribution in [0, 0.1) is 0 Å². The van der Waals surface area contributed by atoms with E-state index in [2.05, 4.69) is 4.90 Å². The lowest BCUT2D eigenvalue weighted by atomic mass is 9.88. The van der Waals surface area contributed by atoms with Crippen molar-refractivity contribution in [2.45, 2.75) is 50.7 Å². The number of rotatable bonds is 4. The predicted molar refractivity (Wildman–Crippen MR) is 80.2 cm³/mol. The average molecular weight is 296 g/mol. The molecule has 3 aliphatic heterocycles. The zero-order valence-electron chi connectivity index (χ0n) is 13.2. The van der Waals surface area contributed by atoms with Crippen LogP contribution in [0.25, 0.3) is 0 Å². The Kier molecular flexibility index (Phi) is 4.82. The Hall–Kier alpha value is -0.650. The molecule has 0 saturated carbocycles. The molecule has 0 aromatic rings. The summed E-state index contributed by atoms with van der Waals surface area (Å²) in [6, 6.07) is 0. The molecule has 0 radical (unpaired) electrons. The largest absolute Gasteiger partial charge is 0.374 e. The third kappa shape index (κ3) is 3.76. The highest BCUT2D eigenvalue weighted by molar-refractivity contribution is 5.73. The van der Waals surface area contributed by atoms with Crippen molar-refractivity contribution in [3.63, 3.8) is 0 Å². The lowest BCUT2D eigenvalue weighted by Crippen LogP contribution is -2.45. The molecule has 3 fully saturated rings. The number of nitrogens with zero attached hydrogens (tertiary/aromatic N) is 2. The van der Waals surface area contributed by atoms with E-state index in [9.17, 15) is 4.79 Å². The molecule has 3 heterocycles. The van der Waals surface area contributed by atoms with Gasteiger partial charge >= 0.3 is 0 Å². The van der Waals surface area contributed by atoms with Gasteiger partial charge in [0, 0.05) is 33.0 Å². The molecule has 0 aromatic heterocycles. The van der Waals surface area contributed by atoms with Crippen molar-refractivity contribution in [1.29, 1.82) is 0 Å². The third-order valence-electron chi connectivity index (χ3n) is 5.25. The molecule has 3 saturated heterocycles. The fraction of sp³-hybridized carbons (Fsp3) is 0.938.